The van der Waals surface area contributed by atoms with E-state index in [9.17, 15) is 4.79 Å². The zero-order chi connectivity index (χ0) is 11.4. The number of nitrogens with one attached hydrogen (secondary N) is 1. The second-order valence-electron chi connectivity index (χ2n) is 4.07. The first-order valence-electron chi connectivity index (χ1n) is 5.54. The molecule has 0 aliphatic carbocycles. The fourth-order valence-electron chi connectivity index (χ4n) is 2.11. The van der Waals surface area contributed by atoms with Crippen LogP contribution in [0.4, 0.5) is 0 Å². The van der Waals surface area contributed by atoms with E-state index in [1.807, 2.05) is 0 Å². The van der Waals surface area contributed by atoms with Crippen LogP contribution in [0.5, 0.6) is 0 Å². The standard InChI is InChI=1S/C9H16N6O/c10-4-3-7-2-1-5-15(6-7)9(16)8-11-13-14-12-8/h7H,1-6,10H2,(H,11,12,13,14). The van der Waals surface area contributed by atoms with Crippen molar-refractivity contribution in [2.45, 2.75) is 19.3 Å². The highest BCUT2D eigenvalue weighted by atomic mass is 16.2. The molecule has 0 radical (unpaired) electrons. The normalized spacial score (nSPS) is 21.1. The highest BCUT2D eigenvalue weighted by molar-refractivity contribution is 5.90. The molecule has 1 aliphatic rings. The van der Waals surface area contributed by atoms with Gasteiger partial charge in [-0.15, -0.1) is 10.2 Å². The molecule has 7 nitrogen and oxygen atoms in total. The average Bonchev–Trinajstić information content (AvgIpc) is 2.82. The van der Waals surface area contributed by atoms with Crippen LogP contribution in [0.15, 0.2) is 0 Å². The van der Waals surface area contributed by atoms with E-state index < -0.39 is 0 Å². The summed E-state index contributed by atoms with van der Waals surface area (Å²) in [4.78, 5) is 13.7. The van der Waals surface area contributed by atoms with Gasteiger partial charge in [-0.1, -0.05) is 0 Å². The van der Waals surface area contributed by atoms with Crippen molar-refractivity contribution in [1.29, 1.82) is 0 Å². The molecule has 1 saturated heterocycles. The maximum atomic E-state index is 11.9. The molecule has 2 rings (SSSR count). The van der Waals surface area contributed by atoms with Crippen LogP contribution in [0.25, 0.3) is 0 Å². The van der Waals surface area contributed by atoms with Crippen molar-refractivity contribution in [3.8, 4) is 0 Å². The molecule has 16 heavy (non-hydrogen) atoms. The summed E-state index contributed by atoms with van der Waals surface area (Å²) in [6.07, 6.45) is 3.14. The van der Waals surface area contributed by atoms with Crippen molar-refractivity contribution >= 4 is 5.91 Å². The second-order valence-corrected chi connectivity index (χ2v) is 4.07. The van der Waals surface area contributed by atoms with E-state index in [2.05, 4.69) is 20.6 Å². The lowest BCUT2D eigenvalue weighted by atomic mass is 9.95. The molecule has 1 aromatic heterocycles. The Morgan fingerprint density at radius 1 is 1.62 bits per heavy atom. The third-order valence-corrected chi connectivity index (χ3v) is 2.92. The zero-order valence-corrected chi connectivity index (χ0v) is 9.09. The number of aromatic nitrogens is 4. The number of hydrogen-bond acceptors (Lipinski definition) is 5. The Balaban J connectivity index is 1.96. The summed E-state index contributed by atoms with van der Waals surface area (Å²) in [5.41, 5.74) is 5.53. The van der Waals surface area contributed by atoms with Crippen LogP contribution in [0, 0.1) is 5.92 Å². The van der Waals surface area contributed by atoms with E-state index in [1.165, 1.54) is 0 Å². The van der Waals surface area contributed by atoms with Crippen molar-refractivity contribution in [1.82, 2.24) is 25.5 Å². The average molecular weight is 224 g/mol. The fourth-order valence-corrected chi connectivity index (χ4v) is 2.11. The first kappa shape index (κ1) is 11.0. The van der Waals surface area contributed by atoms with Gasteiger partial charge in [-0.25, -0.2) is 0 Å². The van der Waals surface area contributed by atoms with Gasteiger partial charge in [-0.2, -0.15) is 5.21 Å². The molecule has 0 spiro atoms. The number of tetrazole rings is 1. The second kappa shape index (κ2) is 5.02. The molecule has 0 bridgehead atoms. The van der Waals surface area contributed by atoms with E-state index >= 15 is 0 Å². The molecule has 1 amide bonds. The molecule has 1 atom stereocenters. The monoisotopic (exact) mass is 224 g/mol. The van der Waals surface area contributed by atoms with Gasteiger partial charge < -0.3 is 10.6 Å². The molecule has 0 aromatic carbocycles. The van der Waals surface area contributed by atoms with E-state index in [4.69, 9.17) is 5.73 Å². The summed E-state index contributed by atoms with van der Waals surface area (Å²) in [7, 11) is 0. The first-order valence-corrected chi connectivity index (χ1v) is 5.54. The van der Waals surface area contributed by atoms with Crippen LogP contribution in [0.3, 0.4) is 0 Å². The summed E-state index contributed by atoms with van der Waals surface area (Å²) in [6, 6.07) is 0. The van der Waals surface area contributed by atoms with Crippen LogP contribution >= 0.6 is 0 Å². The Labute approximate surface area is 93.4 Å². The lowest BCUT2D eigenvalue weighted by Crippen LogP contribution is -2.40. The third-order valence-electron chi connectivity index (χ3n) is 2.92. The van der Waals surface area contributed by atoms with Crippen molar-refractivity contribution < 1.29 is 4.79 Å². The molecule has 3 N–H and O–H groups in total. The quantitative estimate of drug-likeness (QED) is 0.714. The largest absolute Gasteiger partial charge is 0.336 e. The third kappa shape index (κ3) is 2.35. The number of hydrogen-bond donors (Lipinski definition) is 2. The Hall–Kier alpha value is -1.50. The van der Waals surface area contributed by atoms with E-state index in [0.717, 1.165) is 32.4 Å². The Morgan fingerprint density at radius 2 is 2.50 bits per heavy atom. The number of rotatable bonds is 3. The number of likely N-dealkylation sites (tertiary alicyclic amines) is 1. The zero-order valence-electron chi connectivity index (χ0n) is 9.09. The number of aromatic amines is 1. The van der Waals surface area contributed by atoms with Crippen molar-refractivity contribution in [3.05, 3.63) is 5.82 Å². The maximum Gasteiger partial charge on any atom is 0.295 e. The molecule has 1 fully saturated rings. The van der Waals surface area contributed by atoms with E-state index in [-0.39, 0.29) is 11.7 Å². The minimum Gasteiger partial charge on any atom is -0.336 e. The highest BCUT2D eigenvalue weighted by Crippen LogP contribution is 2.19. The molecular formula is C9H16N6O. The summed E-state index contributed by atoms with van der Waals surface area (Å²) < 4.78 is 0. The van der Waals surface area contributed by atoms with Gasteiger partial charge in [0.05, 0.1) is 0 Å². The molecule has 7 heteroatoms. The number of nitrogens with two attached hydrogens (primary N) is 1. The van der Waals surface area contributed by atoms with Crippen molar-refractivity contribution in [2.24, 2.45) is 11.7 Å². The predicted molar refractivity (Wildman–Crippen MR) is 56.5 cm³/mol. The minimum absolute atomic E-state index is 0.143. The lowest BCUT2D eigenvalue weighted by molar-refractivity contribution is 0.0657. The summed E-state index contributed by atoms with van der Waals surface area (Å²) in [5.74, 6) is 0.512. The molecule has 0 saturated carbocycles. The van der Waals surface area contributed by atoms with Crippen LogP contribution in [-0.2, 0) is 0 Å². The van der Waals surface area contributed by atoms with E-state index in [1.54, 1.807) is 4.90 Å². The molecule has 1 unspecified atom stereocenters. The highest BCUT2D eigenvalue weighted by Gasteiger charge is 2.26. The van der Waals surface area contributed by atoms with Crippen molar-refractivity contribution in [2.75, 3.05) is 19.6 Å². The van der Waals surface area contributed by atoms with Gasteiger partial charge in [0.15, 0.2) is 0 Å². The summed E-state index contributed by atoms with van der Waals surface area (Å²) in [6.45, 7) is 2.20. The number of carbonyl (C=O) groups excluding carboxylic acids is 1. The van der Waals surface area contributed by atoms with Gasteiger partial charge in [-0.3, -0.25) is 4.79 Å². The van der Waals surface area contributed by atoms with E-state index in [0.29, 0.717) is 12.5 Å². The molecule has 1 aliphatic heterocycles. The smallest absolute Gasteiger partial charge is 0.295 e. The SMILES string of the molecule is NCCC1CCCN(C(=O)c2nn[nH]n2)C1. The number of nitrogens with zero attached hydrogens (tertiary/aromatic N) is 4. The lowest BCUT2D eigenvalue weighted by Gasteiger charge is -2.31. The number of carbonyl (C=O) groups is 1. The Bertz CT molecular complexity index is 336. The number of H-pyrrole nitrogens is 1. The number of amides is 1. The van der Waals surface area contributed by atoms with Gasteiger partial charge in [0.25, 0.3) is 11.7 Å². The summed E-state index contributed by atoms with van der Waals surface area (Å²) in [5, 5.41) is 13.1. The summed E-state index contributed by atoms with van der Waals surface area (Å²) >= 11 is 0. The molecule has 2 heterocycles. The topological polar surface area (TPSA) is 101 Å². The molecular weight excluding hydrogens is 208 g/mol. The van der Waals surface area contributed by atoms with Gasteiger partial charge >= 0.3 is 0 Å². The molecule has 88 valence electrons. The van der Waals surface area contributed by atoms with Crippen LogP contribution in [-0.4, -0.2) is 51.1 Å². The van der Waals surface area contributed by atoms with Gasteiger partial charge in [0, 0.05) is 13.1 Å². The maximum absolute atomic E-state index is 11.9. The van der Waals surface area contributed by atoms with Gasteiger partial charge in [-0.05, 0) is 36.9 Å². The van der Waals surface area contributed by atoms with Crippen LogP contribution < -0.4 is 5.73 Å². The minimum atomic E-state index is -0.143. The Kier molecular flexibility index (Phi) is 3.45. The van der Waals surface area contributed by atoms with Gasteiger partial charge in [0.2, 0.25) is 0 Å². The fraction of sp³-hybridized carbons (Fsp3) is 0.778. The van der Waals surface area contributed by atoms with Gasteiger partial charge in [0.1, 0.15) is 0 Å². The first-order chi connectivity index (χ1) is 7.81. The Morgan fingerprint density at radius 3 is 3.19 bits per heavy atom. The molecule has 1 aromatic rings. The van der Waals surface area contributed by atoms with Crippen molar-refractivity contribution in [3.63, 3.8) is 0 Å². The van der Waals surface area contributed by atoms with Crippen LogP contribution in [0.2, 0.25) is 0 Å². The number of piperidine rings is 1. The predicted octanol–water partition coefficient (Wildman–Crippen LogP) is -0.599. The van der Waals surface area contributed by atoms with Crippen LogP contribution in [0.1, 0.15) is 29.9 Å².